The minimum Gasteiger partial charge on any atom is -0.481 e. The summed E-state index contributed by atoms with van der Waals surface area (Å²) in [6.45, 7) is 3.20. The predicted molar refractivity (Wildman–Crippen MR) is 63.2 cm³/mol. The van der Waals surface area contributed by atoms with Crippen molar-refractivity contribution in [2.75, 3.05) is 31.2 Å². The van der Waals surface area contributed by atoms with Crippen LogP contribution < -0.4 is 4.90 Å². The van der Waals surface area contributed by atoms with Crippen molar-refractivity contribution in [2.24, 2.45) is 0 Å². The van der Waals surface area contributed by atoms with Gasteiger partial charge in [-0.25, -0.2) is 4.98 Å². The first kappa shape index (κ1) is 11.9. The molecule has 5 heteroatoms. The van der Waals surface area contributed by atoms with E-state index in [1.807, 2.05) is 12.1 Å². The first-order valence-electron chi connectivity index (χ1n) is 5.75. The lowest BCUT2D eigenvalue weighted by molar-refractivity contribution is -0.136. The summed E-state index contributed by atoms with van der Waals surface area (Å²) in [6, 6.07) is 3.89. The Labute approximate surface area is 100 Å². The molecule has 1 aromatic heterocycles. The summed E-state index contributed by atoms with van der Waals surface area (Å²) >= 11 is 0. The molecule has 1 fully saturated rings. The molecule has 1 aliphatic heterocycles. The number of carboxylic acid groups (broad SMARTS) is 1. The molecule has 0 atom stereocenters. The Hall–Kier alpha value is -1.62. The monoisotopic (exact) mass is 236 g/mol. The topological polar surface area (TPSA) is 62.7 Å². The van der Waals surface area contributed by atoms with E-state index < -0.39 is 5.97 Å². The van der Waals surface area contributed by atoms with E-state index in [1.165, 1.54) is 0 Å². The molecule has 0 radical (unpaired) electrons. The van der Waals surface area contributed by atoms with Crippen LogP contribution >= 0.6 is 0 Å². The van der Waals surface area contributed by atoms with Crippen LogP contribution in [0.2, 0.25) is 0 Å². The van der Waals surface area contributed by atoms with Gasteiger partial charge in [0, 0.05) is 25.7 Å². The molecule has 5 nitrogen and oxygen atoms in total. The van der Waals surface area contributed by atoms with Crippen LogP contribution in [0.4, 0.5) is 5.82 Å². The number of morpholine rings is 1. The number of aliphatic carboxylic acids is 1. The zero-order valence-electron chi connectivity index (χ0n) is 9.63. The summed E-state index contributed by atoms with van der Waals surface area (Å²) in [5, 5.41) is 8.59. The number of anilines is 1. The van der Waals surface area contributed by atoms with E-state index in [-0.39, 0.29) is 6.42 Å². The number of carboxylic acids is 1. The van der Waals surface area contributed by atoms with Crippen LogP contribution in [0.25, 0.3) is 0 Å². The van der Waals surface area contributed by atoms with Crippen molar-refractivity contribution >= 4 is 11.8 Å². The zero-order chi connectivity index (χ0) is 12.1. The maximum atomic E-state index is 10.4. The molecule has 0 aromatic carbocycles. The minimum atomic E-state index is -0.776. The van der Waals surface area contributed by atoms with Gasteiger partial charge in [-0.3, -0.25) is 4.79 Å². The fraction of sp³-hybridized carbons (Fsp3) is 0.500. The van der Waals surface area contributed by atoms with Crippen LogP contribution in [0.5, 0.6) is 0 Å². The fourth-order valence-electron chi connectivity index (χ4n) is 1.80. The van der Waals surface area contributed by atoms with Crippen LogP contribution in [0.3, 0.4) is 0 Å². The number of aryl methyl sites for hydroxylation is 1. The molecule has 17 heavy (non-hydrogen) atoms. The maximum Gasteiger partial charge on any atom is 0.303 e. The number of nitrogens with zero attached hydrogens (tertiary/aromatic N) is 2. The van der Waals surface area contributed by atoms with Crippen molar-refractivity contribution in [1.82, 2.24) is 4.98 Å². The molecule has 1 saturated heterocycles. The minimum absolute atomic E-state index is 0.151. The number of aromatic nitrogens is 1. The summed E-state index contributed by atoms with van der Waals surface area (Å²) in [6.07, 6.45) is 2.44. The zero-order valence-corrected chi connectivity index (χ0v) is 9.63. The molecule has 0 saturated carbocycles. The van der Waals surface area contributed by atoms with Gasteiger partial charge in [0.1, 0.15) is 5.82 Å². The number of hydrogen-bond donors (Lipinski definition) is 1. The van der Waals surface area contributed by atoms with Gasteiger partial charge in [-0.2, -0.15) is 0 Å². The molecule has 0 unspecified atom stereocenters. The van der Waals surface area contributed by atoms with E-state index in [1.54, 1.807) is 6.20 Å². The van der Waals surface area contributed by atoms with Gasteiger partial charge < -0.3 is 14.7 Å². The first-order chi connectivity index (χ1) is 8.25. The number of rotatable bonds is 4. The molecular formula is C12H16N2O3. The molecule has 1 aromatic rings. The second-order valence-corrected chi connectivity index (χ2v) is 4.02. The Balaban J connectivity index is 1.94. The molecule has 0 bridgehead atoms. The molecule has 2 rings (SSSR count). The lowest BCUT2D eigenvalue weighted by Gasteiger charge is -2.27. The van der Waals surface area contributed by atoms with Crippen molar-refractivity contribution in [3.63, 3.8) is 0 Å². The Kier molecular flexibility index (Phi) is 3.93. The molecular weight excluding hydrogens is 220 g/mol. The summed E-state index contributed by atoms with van der Waals surface area (Å²) < 4.78 is 5.28. The summed E-state index contributed by atoms with van der Waals surface area (Å²) in [5.74, 6) is 0.162. The Morgan fingerprint density at radius 1 is 1.41 bits per heavy atom. The molecule has 0 spiro atoms. The highest BCUT2D eigenvalue weighted by molar-refractivity contribution is 5.67. The van der Waals surface area contributed by atoms with Crippen LogP contribution in [-0.2, 0) is 16.0 Å². The molecule has 0 aliphatic carbocycles. The third-order valence-corrected chi connectivity index (χ3v) is 2.77. The summed E-state index contributed by atoms with van der Waals surface area (Å²) in [4.78, 5) is 17.0. The highest BCUT2D eigenvalue weighted by Crippen LogP contribution is 2.13. The quantitative estimate of drug-likeness (QED) is 0.842. The Morgan fingerprint density at radius 2 is 2.18 bits per heavy atom. The average molecular weight is 236 g/mol. The highest BCUT2D eigenvalue weighted by atomic mass is 16.5. The van der Waals surface area contributed by atoms with Crippen LogP contribution in [-0.4, -0.2) is 42.4 Å². The molecule has 2 heterocycles. The van der Waals surface area contributed by atoms with Gasteiger partial charge in [-0.15, -0.1) is 0 Å². The fourth-order valence-corrected chi connectivity index (χ4v) is 1.80. The van der Waals surface area contributed by atoms with Crippen molar-refractivity contribution < 1.29 is 14.6 Å². The van der Waals surface area contributed by atoms with E-state index >= 15 is 0 Å². The third kappa shape index (κ3) is 3.42. The predicted octanol–water partition coefficient (Wildman–Crippen LogP) is 0.935. The Bertz CT molecular complexity index is 372. The summed E-state index contributed by atoms with van der Waals surface area (Å²) in [5.41, 5.74) is 0.962. The van der Waals surface area contributed by atoms with Gasteiger partial charge in [-0.05, 0) is 18.1 Å². The van der Waals surface area contributed by atoms with Crippen molar-refractivity contribution in [3.05, 3.63) is 23.9 Å². The smallest absolute Gasteiger partial charge is 0.303 e. The van der Waals surface area contributed by atoms with Gasteiger partial charge in [0.15, 0.2) is 0 Å². The SMILES string of the molecule is O=C(O)CCc1ccc(N2CCOCC2)nc1. The van der Waals surface area contributed by atoms with Gasteiger partial charge in [0.05, 0.1) is 13.2 Å². The first-order valence-corrected chi connectivity index (χ1v) is 5.75. The number of ether oxygens (including phenoxy) is 1. The number of pyridine rings is 1. The standard InChI is InChI=1S/C12H16N2O3/c15-12(16)4-2-10-1-3-11(13-9-10)14-5-7-17-8-6-14/h1,3,9H,2,4-8H2,(H,15,16). The van der Waals surface area contributed by atoms with E-state index in [2.05, 4.69) is 9.88 Å². The van der Waals surface area contributed by atoms with E-state index in [0.717, 1.165) is 37.7 Å². The molecule has 92 valence electrons. The lowest BCUT2D eigenvalue weighted by Crippen LogP contribution is -2.36. The van der Waals surface area contributed by atoms with Crippen LogP contribution in [0.1, 0.15) is 12.0 Å². The molecule has 1 aliphatic rings. The maximum absolute atomic E-state index is 10.4. The second-order valence-electron chi connectivity index (χ2n) is 4.02. The van der Waals surface area contributed by atoms with Crippen LogP contribution in [0.15, 0.2) is 18.3 Å². The van der Waals surface area contributed by atoms with Crippen molar-refractivity contribution in [2.45, 2.75) is 12.8 Å². The summed E-state index contributed by atoms with van der Waals surface area (Å²) in [7, 11) is 0. The normalized spacial score (nSPS) is 15.9. The average Bonchev–Trinajstić information content (AvgIpc) is 2.38. The van der Waals surface area contributed by atoms with E-state index in [9.17, 15) is 4.79 Å². The largest absolute Gasteiger partial charge is 0.481 e. The van der Waals surface area contributed by atoms with E-state index in [0.29, 0.717) is 6.42 Å². The number of carbonyl (C=O) groups is 1. The van der Waals surface area contributed by atoms with Gasteiger partial charge in [-0.1, -0.05) is 6.07 Å². The van der Waals surface area contributed by atoms with Crippen LogP contribution in [0, 0.1) is 0 Å². The van der Waals surface area contributed by atoms with E-state index in [4.69, 9.17) is 9.84 Å². The highest BCUT2D eigenvalue weighted by Gasteiger charge is 2.11. The second kappa shape index (κ2) is 5.63. The van der Waals surface area contributed by atoms with Gasteiger partial charge in [0.25, 0.3) is 0 Å². The van der Waals surface area contributed by atoms with Gasteiger partial charge in [0.2, 0.25) is 0 Å². The van der Waals surface area contributed by atoms with Gasteiger partial charge >= 0.3 is 5.97 Å². The van der Waals surface area contributed by atoms with Crippen molar-refractivity contribution in [1.29, 1.82) is 0 Å². The molecule has 1 N–H and O–H groups in total. The Morgan fingerprint density at radius 3 is 2.76 bits per heavy atom. The number of hydrogen-bond acceptors (Lipinski definition) is 4. The lowest BCUT2D eigenvalue weighted by atomic mass is 10.1. The third-order valence-electron chi connectivity index (χ3n) is 2.77. The molecule has 0 amide bonds. The van der Waals surface area contributed by atoms with Crippen molar-refractivity contribution in [3.8, 4) is 0 Å².